The van der Waals surface area contributed by atoms with Crippen molar-refractivity contribution in [3.8, 4) is 5.75 Å². The lowest BCUT2D eigenvalue weighted by molar-refractivity contribution is 0.413. The van der Waals surface area contributed by atoms with Crippen LogP contribution in [0.3, 0.4) is 0 Å². The van der Waals surface area contributed by atoms with Crippen LogP contribution in [-0.2, 0) is 0 Å². The standard InChI is InChI=1S/C17H19NO/c1-19-15-9-5-8-14(12-15)17-16(10-11-18-17)13-6-3-2-4-7-13/h2-9,12,16-18H,10-11H2,1H3. The van der Waals surface area contributed by atoms with Crippen molar-refractivity contribution in [1.29, 1.82) is 0 Å². The van der Waals surface area contributed by atoms with Crippen molar-refractivity contribution in [3.05, 3.63) is 65.7 Å². The fourth-order valence-corrected chi connectivity index (χ4v) is 2.95. The molecule has 1 fully saturated rings. The molecule has 1 saturated heterocycles. The van der Waals surface area contributed by atoms with Gasteiger partial charge >= 0.3 is 0 Å². The van der Waals surface area contributed by atoms with E-state index >= 15 is 0 Å². The first-order valence-electron chi connectivity index (χ1n) is 6.81. The first-order chi connectivity index (χ1) is 9.38. The van der Waals surface area contributed by atoms with Gasteiger partial charge in [-0.05, 0) is 36.2 Å². The first-order valence-corrected chi connectivity index (χ1v) is 6.81. The first kappa shape index (κ1) is 12.2. The van der Waals surface area contributed by atoms with E-state index in [-0.39, 0.29) is 0 Å². The van der Waals surface area contributed by atoms with E-state index in [2.05, 4.69) is 53.8 Å². The van der Waals surface area contributed by atoms with Gasteiger partial charge in [-0.15, -0.1) is 0 Å². The smallest absolute Gasteiger partial charge is 0.119 e. The van der Waals surface area contributed by atoms with Crippen LogP contribution in [-0.4, -0.2) is 13.7 Å². The average Bonchev–Trinajstić information content (AvgIpc) is 2.98. The van der Waals surface area contributed by atoms with Crippen LogP contribution < -0.4 is 10.1 Å². The molecule has 1 aliphatic rings. The number of benzene rings is 2. The molecule has 2 nitrogen and oxygen atoms in total. The summed E-state index contributed by atoms with van der Waals surface area (Å²) in [5.74, 6) is 1.48. The third kappa shape index (κ3) is 2.49. The molecule has 1 aliphatic heterocycles. The summed E-state index contributed by atoms with van der Waals surface area (Å²) in [6.07, 6.45) is 1.19. The third-order valence-corrected chi connectivity index (χ3v) is 3.90. The van der Waals surface area contributed by atoms with Crippen molar-refractivity contribution in [3.63, 3.8) is 0 Å². The molecule has 0 aromatic heterocycles. The normalized spacial score (nSPS) is 22.4. The summed E-state index contributed by atoms with van der Waals surface area (Å²) < 4.78 is 5.33. The highest BCUT2D eigenvalue weighted by atomic mass is 16.5. The summed E-state index contributed by atoms with van der Waals surface area (Å²) in [4.78, 5) is 0. The average molecular weight is 253 g/mol. The summed E-state index contributed by atoms with van der Waals surface area (Å²) >= 11 is 0. The summed E-state index contributed by atoms with van der Waals surface area (Å²) in [5.41, 5.74) is 2.73. The van der Waals surface area contributed by atoms with Gasteiger partial charge in [0.05, 0.1) is 7.11 Å². The number of ether oxygens (including phenoxy) is 1. The zero-order valence-electron chi connectivity index (χ0n) is 11.2. The Balaban J connectivity index is 1.90. The topological polar surface area (TPSA) is 21.3 Å². The second-order valence-electron chi connectivity index (χ2n) is 5.01. The van der Waals surface area contributed by atoms with Crippen LogP contribution in [0.2, 0.25) is 0 Å². The summed E-state index contributed by atoms with van der Waals surface area (Å²) in [6, 6.07) is 19.5. The number of methoxy groups -OCH3 is 1. The van der Waals surface area contributed by atoms with Crippen LogP contribution in [0.15, 0.2) is 54.6 Å². The molecule has 2 aromatic carbocycles. The predicted octanol–water partition coefficient (Wildman–Crippen LogP) is 3.51. The Morgan fingerprint density at radius 3 is 2.58 bits per heavy atom. The Morgan fingerprint density at radius 1 is 1.00 bits per heavy atom. The SMILES string of the molecule is COc1cccc(C2NCCC2c2ccccc2)c1. The van der Waals surface area contributed by atoms with E-state index in [1.165, 1.54) is 17.5 Å². The van der Waals surface area contributed by atoms with E-state index in [4.69, 9.17) is 4.74 Å². The molecule has 19 heavy (non-hydrogen) atoms. The fraction of sp³-hybridized carbons (Fsp3) is 0.294. The number of hydrogen-bond donors (Lipinski definition) is 1. The van der Waals surface area contributed by atoms with Crippen molar-refractivity contribution in [2.75, 3.05) is 13.7 Å². The van der Waals surface area contributed by atoms with E-state index in [0.29, 0.717) is 12.0 Å². The van der Waals surface area contributed by atoms with E-state index in [1.807, 2.05) is 6.07 Å². The third-order valence-electron chi connectivity index (χ3n) is 3.90. The zero-order valence-corrected chi connectivity index (χ0v) is 11.2. The Hall–Kier alpha value is -1.80. The molecule has 0 spiro atoms. The van der Waals surface area contributed by atoms with E-state index < -0.39 is 0 Å². The fourth-order valence-electron chi connectivity index (χ4n) is 2.95. The van der Waals surface area contributed by atoms with E-state index in [0.717, 1.165) is 12.3 Å². The second kappa shape index (κ2) is 5.45. The highest BCUT2D eigenvalue weighted by Gasteiger charge is 2.29. The van der Waals surface area contributed by atoms with Gasteiger partial charge in [0.2, 0.25) is 0 Å². The van der Waals surface area contributed by atoms with Crippen molar-refractivity contribution in [2.24, 2.45) is 0 Å². The molecular formula is C17H19NO. The van der Waals surface area contributed by atoms with Crippen LogP contribution in [0.4, 0.5) is 0 Å². The van der Waals surface area contributed by atoms with Gasteiger partial charge in [0.1, 0.15) is 5.75 Å². The van der Waals surface area contributed by atoms with Crippen LogP contribution in [0.5, 0.6) is 5.75 Å². The Bertz CT molecular complexity index is 538. The Morgan fingerprint density at radius 2 is 1.79 bits per heavy atom. The second-order valence-corrected chi connectivity index (χ2v) is 5.01. The number of nitrogens with one attached hydrogen (secondary N) is 1. The van der Waals surface area contributed by atoms with Gasteiger partial charge in [0.25, 0.3) is 0 Å². The monoisotopic (exact) mass is 253 g/mol. The Labute approximate surface area is 114 Å². The van der Waals surface area contributed by atoms with Crippen molar-refractivity contribution in [2.45, 2.75) is 18.4 Å². The quantitative estimate of drug-likeness (QED) is 0.903. The zero-order chi connectivity index (χ0) is 13.1. The molecule has 2 heteroatoms. The maximum Gasteiger partial charge on any atom is 0.119 e. The molecule has 1 heterocycles. The molecule has 0 bridgehead atoms. The molecule has 98 valence electrons. The molecule has 0 saturated carbocycles. The van der Waals surface area contributed by atoms with Crippen LogP contribution >= 0.6 is 0 Å². The minimum absolute atomic E-state index is 0.387. The minimum atomic E-state index is 0.387. The van der Waals surface area contributed by atoms with Gasteiger partial charge in [-0.25, -0.2) is 0 Å². The van der Waals surface area contributed by atoms with Gasteiger partial charge in [0, 0.05) is 12.0 Å². The highest BCUT2D eigenvalue weighted by molar-refractivity contribution is 5.34. The van der Waals surface area contributed by atoms with Gasteiger partial charge < -0.3 is 10.1 Å². The van der Waals surface area contributed by atoms with Gasteiger partial charge in [-0.3, -0.25) is 0 Å². The molecule has 0 radical (unpaired) electrons. The summed E-state index contributed by atoms with van der Waals surface area (Å²) in [5, 5.41) is 3.62. The van der Waals surface area contributed by atoms with Gasteiger partial charge in [-0.2, -0.15) is 0 Å². The van der Waals surface area contributed by atoms with E-state index in [9.17, 15) is 0 Å². The van der Waals surface area contributed by atoms with Crippen molar-refractivity contribution >= 4 is 0 Å². The number of rotatable bonds is 3. The predicted molar refractivity (Wildman–Crippen MR) is 77.5 cm³/mol. The molecule has 2 atom stereocenters. The van der Waals surface area contributed by atoms with Crippen molar-refractivity contribution < 1.29 is 4.74 Å². The van der Waals surface area contributed by atoms with Crippen molar-refractivity contribution in [1.82, 2.24) is 5.32 Å². The minimum Gasteiger partial charge on any atom is -0.497 e. The Kier molecular flexibility index (Phi) is 3.51. The molecular weight excluding hydrogens is 234 g/mol. The van der Waals surface area contributed by atoms with Gasteiger partial charge in [-0.1, -0.05) is 42.5 Å². The molecule has 2 aromatic rings. The molecule has 0 amide bonds. The molecule has 3 rings (SSSR count). The molecule has 0 aliphatic carbocycles. The summed E-state index contributed by atoms with van der Waals surface area (Å²) in [6.45, 7) is 1.07. The largest absolute Gasteiger partial charge is 0.497 e. The van der Waals surface area contributed by atoms with Gasteiger partial charge in [0.15, 0.2) is 0 Å². The lowest BCUT2D eigenvalue weighted by atomic mass is 9.88. The lowest BCUT2D eigenvalue weighted by Gasteiger charge is -2.21. The van der Waals surface area contributed by atoms with Crippen LogP contribution in [0, 0.1) is 0 Å². The highest BCUT2D eigenvalue weighted by Crippen LogP contribution is 2.38. The lowest BCUT2D eigenvalue weighted by Crippen LogP contribution is -2.17. The molecule has 2 unspecified atom stereocenters. The maximum atomic E-state index is 5.33. The number of hydrogen-bond acceptors (Lipinski definition) is 2. The van der Waals surface area contributed by atoms with Crippen LogP contribution in [0.1, 0.15) is 29.5 Å². The summed E-state index contributed by atoms with van der Waals surface area (Å²) in [7, 11) is 1.72. The maximum absolute atomic E-state index is 5.33. The van der Waals surface area contributed by atoms with Crippen LogP contribution in [0.25, 0.3) is 0 Å². The molecule has 1 N–H and O–H groups in total. The van der Waals surface area contributed by atoms with E-state index in [1.54, 1.807) is 7.11 Å².